The van der Waals surface area contributed by atoms with E-state index in [9.17, 15) is 9.59 Å². The lowest BCUT2D eigenvalue weighted by atomic mass is 9.84. The highest BCUT2D eigenvalue weighted by Crippen LogP contribution is 2.26. The first-order valence-corrected chi connectivity index (χ1v) is 5.81. The van der Waals surface area contributed by atoms with Gasteiger partial charge in [0.15, 0.2) is 0 Å². The van der Waals surface area contributed by atoms with Crippen molar-refractivity contribution >= 4 is 11.9 Å². The van der Waals surface area contributed by atoms with Crippen molar-refractivity contribution in [2.24, 2.45) is 11.7 Å². The highest BCUT2D eigenvalue weighted by Gasteiger charge is 2.31. The third-order valence-electron chi connectivity index (χ3n) is 3.10. The van der Waals surface area contributed by atoms with Crippen LogP contribution in [-0.4, -0.2) is 29.1 Å². The van der Waals surface area contributed by atoms with Crippen LogP contribution in [0.1, 0.15) is 39.0 Å². The lowest BCUT2D eigenvalue weighted by molar-refractivity contribution is -0.144. The predicted molar refractivity (Wildman–Crippen MR) is 59.8 cm³/mol. The zero-order valence-corrected chi connectivity index (χ0v) is 9.61. The Bertz CT molecular complexity index is 260. The zero-order chi connectivity index (χ0) is 12.1. The Kier molecular flexibility index (Phi) is 4.73. The third kappa shape index (κ3) is 3.48. The van der Waals surface area contributed by atoms with Gasteiger partial charge in [-0.15, -0.1) is 0 Å². The fraction of sp³-hybridized carbons (Fsp3) is 0.818. The molecule has 1 unspecified atom stereocenters. The Morgan fingerprint density at radius 1 is 1.31 bits per heavy atom. The highest BCUT2D eigenvalue weighted by atomic mass is 16.4. The van der Waals surface area contributed by atoms with Crippen LogP contribution in [0.3, 0.4) is 0 Å². The van der Waals surface area contributed by atoms with Crippen LogP contribution in [0.4, 0.5) is 0 Å². The number of hydrogen-bond donors (Lipinski definition) is 3. The number of carbonyl (C=O) groups is 2. The molecule has 5 nitrogen and oxygen atoms in total. The molecular weight excluding hydrogens is 208 g/mol. The molecule has 2 atom stereocenters. The second-order valence-corrected chi connectivity index (χ2v) is 4.51. The number of carbonyl (C=O) groups excluding carboxylic acids is 1. The molecule has 16 heavy (non-hydrogen) atoms. The van der Waals surface area contributed by atoms with Gasteiger partial charge in [0, 0.05) is 0 Å². The van der Waals surface area contributed by atoms with Crippen LogP contribution in [0.2, 0.25) is 0 Å². The molecule has 0 aromatic heterocycles. The summed E-state index contributed by atoms with van der Waals surface area (Å²) in [5, 5.41) is 11.6. The Morgan fingerprint density at radius 3 is 2.31 bits per heavy atom. The molecule has 4 N–H and O–H groups in total. The average Bonchev–Trinajstić information content (AvgIpc) is 2.26. The van der Waals surface area contributed by atoms with Crippen molar-refractivity contribution in [2.75, 3.05) is 0 Å². The summed E-state index contributed by atoms with van der Waals surface area (Å²) in [6, 6.07) is -1.44. The summed E-state index contributed by atoms with van der Waals surface area (Å²) in [6.07, 6.45) is 4.99. The maximum Gasteiger partial charge on any atom is 0.326 e. The average molecular weight is 228 g/mol. The quantitative estimate of drug-likeness (QED) is 0.652. The first-order chi connectivity index (χ1) is 7.52. The largest absolute Gasteiger partial charge is 0.480 e. The molecule has 0 bridgehead atoms. The number of carboxylic acids is 1. The number of amides is 1. The van der Waals surface area contributed by atoms with E-state index in [0.717, 1.165) is 32.1 Å². The molecule has 5 heteroatoms. The summed E-state index contributed by atoms with van der Waals surface area (Å²) in [7, 11) is 0. The molecule has 0 aromatic carbocycles. The molecule has 1 amide bonds. The zero-order valence-electron chi connectivity index (χ0n) is 9.61. The second-order valence-electron chi connectivity index (χ2n) is 4.51. The van der Waals surface area contributed by atoms with E-state index >= 15 is 0 Å². The van der Waals surface area contributed by atoms with E-state index in [1.807, 2.05) is 0 Å². The number of rotatable bonds is 4. The van der Waals surface area contributed by atoms with Crippen LogP contribution >= 0.6 is 0 Å². The first kappa shape index (κ1) is 13.0. The Hall–Kier alpha value is -1.10. The lowest BCUT2D eigenvalue weighted by Gasteiger charge is -2.28. The predicted octanol–water partition coefficient (Wildman–Crippen LogP) is 0.483. The van der Waals surface area contributed by atoms with Crippen LogP contribution in [0.25, 0.3) is 0 Å². The smallest absolute Gasteiger partial charge is 0.326 e. The van der Waals surface area contributed by atoms with E-state index in [0.29, 0.717) is 0 Å². The van der Waals surface area contributed by atoms with Crippen molar-refractivity contribution in [1.29, 1.82) is 0 Å². The van der Waals surface area contributed by atoms with Gasteiger partial charge in [-0.05, 0) is 25.7 Å². The van der Waals surface area contributed by atoms with Gasteiger partial charge in [0.2, 0.25) is 5.91 Å². The van der Waals surface area contributed by atoms with Gasteiger partial charge in [-0.1, -0.05) is 19.3 Å². The van der Waals surface area contributed by atoms with Crippen LogP contribution in [0.15, 0.2) is 0 Å². The molecule has 0 saturated heterocycles. The summed E-state index contributed by atoms with van der Waals surface area (Å²) in [5.74, 6) is -1.30. The van der Waals surface area contributed by atoms with Crippen molar-refractivity contribution in [3.63, 3.8) is 0 Å². The molecule has 1 saturated carbocycles. The fourth-order valence-corrected chi connectivity index (χ4v) is 2.13. The molecule has 1 fully saturated rings. The van der Waals surface area contributed by atoms with Crippen molar-refractivity contribution in [2.45, 2.75) is 51.1 Å². The van der Waals surface area contributed by atoms with Gasteiger partial charge in [0.05, 0.1) is 6.04 Å². The highest BCUT2D eigenvalue weighted by molar-refractivity contribution is 5.86. The van der Waals surface area contributed by atoms with E-state index in [2.05, 4.69) is 5.32 Å². The van der Waals surface area contributed by atoms with Crippen molar-refractivity contribution in [3.8, 4) is 0 Å². The first-order valence-electron chi connectivity index (χ1n) is 5.81. The summed E-state index contributed by atoms with van der Waals surface area (Å²) >= 11 is 0. The van der Waals surface area contributed by atoms with Gasteiger partial charge in [-0.3, -0.25) is 4.79 Å². The Morgan fingerprint density at radius 2 is 1.88 bits per heavy atom. The minimum absolute atomic E-state index is 0.0500. The lowest BCUT2D eigenvalue weighted by Crippen LogP contribution is -2.51. The topological polar surface area (TPSA) is 92.4 Å². The van der Waals surface area contributed by atoms with Gasteiger partial charge in [0.1, 0.15) is 6.04 Å². The van der Waals surface area contributed by atoms with Crippen LogP contribution < -0.4 is 11.1 Å². The van der Waals surface area contributed by atoms with Gasteiger partial charge in [-0.25, -0.2) is 4.79 Å². The van der Waals surface area contributed by atoms with Crippen LogP contribution in [0.5, 0.6) is 0 Å². The van der Waals surface area contributed by atoms with E-state index in [4.69, 9.17) is 10.8 Å². The standard InChI is InChI=1S/C11H20N2O3/c1-7(12)10(14)13-9(11(15)16)8-5-3-2-4-6-8/h7-9H,2-6,12H2,1H3,(H,13,14)(H,15,16)/t7-,9?/m0/s1. The second kappa shape index (κ2) is 5.84. The van der Waals surface area contributed by atoms with Gasteiger partial charge in [0.25, 0.3) is 0 Å². The molecule has 0 aromatic rings. The van der Waals surface area contributed by atoms with E-state index in [1.54, 1.807) is 6.92 Å². The maximum atomic E-state index is 11.4. The minimum Gasteiger partial charge on any atom is -0.480 e. The number of aliphatic carboxylic acids is 1. The number of nitrogens with two attached hydrogens (primary N) is 1. The van der Waals surface area contributed by atoms with Gasteiger partial charge < -0.3 is 16.2 Å². The van der Waals surface area contributed by atoms with Crippen molar-refractivity contribution in [3.05, 3.63) is 0 Å². The minimum atomic E-state index is -0.957. The normalized spacial score (nSPS) is 21.1. The monoisotopic (exact) mass is 228 g/mol. The van der Waals surface area contributed by atoms with Gasteiger partial charge >= 0.3 is 5.97 Å². The van der Waals surface area contributed by atoms with E-state index < -0.39 is 24.0 Å². The number of carboxylic acid groups (broad SMARTS) is 1. The molecular formula is C11H20N2O3. The summed E-state index contributed by atoms with van der Waals surface area (Å²) < 4.78 is 0. The summed E-state index contributed by atoms with van der Waals surface area (Å²) in [5.41, 5.74) is 5.41. The number of nitrogens with one attached hydrogen (secondary N) is 1. The molecule has 0 spiro atoms. The van der Waals surface area contributed by atoms with Crippen LogP contribution in [-0.2, 0) is 9.59 Å². The third-order valence-corrected chi connectivity index (χ3v) is 3.10. The fourth-order valence-electron chi connectivity index (χ4n) is 2.13. The van der Waals surface area contributed by atoms with Crippen molar-refractivity contribution < 1.29 is 14.7 Å². The molecule has 1 aliphatic rings. The Labute approximate surface area is 95.4 Å². The van der Waals surface area contributed by atoms with Gasteiger partial charge in [-0.2, -0.15) is 0 Å². The molecule has 1 aliphatic carbocycles. The van der Waals surface area contributed by atoms with E-state index in [1.165, 1.54) is 0 Å². The van der Waals surface area contributed by atoms with E-state index in [-0.39, 0.29) is 5.92 Å². The van der Waals surface area contributed by atoms with Crippen LogP contribution in [0, 0.1) is 5.92 Å². The molecule has 0 radical (unpaired) electrons. The molecule has 1 rings (SSSR count). The Balaban J connectivity index is 2.59. The van der Waals surface area contributed by atoms with Crippen molar-refractivity contribution in [1.82, 2.24) is 5.32 Å². The molecule has 0 heterocycles. The molecule has 0 aliphatic heterocycles. The SMILES string of the molecule is C[C@H](N)C(=O)NC(C(=O)O)C1CCCCC1. The number of hydrogen-bond acceptors (Lipinski definition) is 3. The molecule has 92 valence electrons. The summed E-state index contributed by atoms with van der Waals surface area (Å²) in [4.78, 5) is 22.5. The summed E-state index contributed by atoms with van der Waals surface area (Å²) in [6.45, 7) is 1.55. The maximum absolute atomic E-state index is 11.4.